The van der Waals surface area contributed by atoms with Crippen molar-refractivity contribution >= 4 is 28.6 Å². The molecule has 0 spiro atoms. The van der Waals surface area contributed by atoms with E-state index in [1.165, 1.54) is 6.92 Å². The van der Waals surface area contributed by atoms with Gasteiger partial charge in [0.1, 0.15) is 11.8 Å². The number of esters is 1. The Morgan fingerprint density at radius 3 is 2.85 bits per heavy atom. The van der Waals surface area contributed by atoms with Crippen molar-refractivity contribution in [2.45, 2.75) is 6.92 Å². The largest absolute Gasteiger partial charge is 0.426 e. The molecule has 1 rings (SSSR count). The number of halogens is 1. The number of nitriles is 1. The summed E-state index contributed by atoms with van der Waals surface area (Å²) in [5.74, 6) is 0.0557. The first-order valence-corrected chi connectivity index (χ1v) is 4.60. The minimum Gasteiger partial charge on any atom is -0.426 e. The van der Waals surface area contributed by atoms with E-state index in [1.54, 1.807) is 18.2 Å². The number of benzene rings is 1. The Labute approximate surface area is 89.5 Å². The summed E-state index contributed by atoms with van der Waals surface area (Å²) in [6.45, 7) is 1.33. The third-order valence-corrected chi connectivity index (χ3v) is 2.45. The van der Waals surface area contributed by atoms with E-state index in [0.29, 0.717) is 14.9 Å². The van der Waals surface area contributed by atoms with Crippen LogP contribution in [0.4, 0.5) is 0 Å². The van der Waals surface area contributed by atoms with Crippen LogP contribution in [0.1, 0.15) is 12.5 Å². The lowest BCUT2D eigenvalue weighted by Gasteiger charge is -2.03. The van der Waals surface area contributed by atoms with Crippen LogP contribution in [0.15, 0.2) is 18.2 Å². The van der Waals surface area contributed by atoms with Crippen LogP contribution in [-0.2, 0) is 4.79 Å². The van der Waals surface area contributed by atoms with Crippen molar-refractivity contribution in [3.63, 3.8) is 0 Å². The molecule has 4 heteroatoms. The van der Waals surface area contributed by atoms with E-state index in [4.69, 9.17) is 10.00 Å². The van der Waals surface area contributed by atoms with Crippen molar-refractivity contribution in [2.24, 2.45) is 0 Å². The molecule has 0 bridgehead atoms. The lowest BCUT2D eigenvalue weighted by atomic mass is 10.2. The van der Waals surface area contributed by atoms with E-state index in [-0.39, 0.29) is 5.97 Å². The minimum atomic E-state index is -0.381. The summed E-state index contributed by atoms with van der Waals surface area (Å²) < 4.78 is 5.55. The summed E-state index contributed by atoms with van der Waals surface area (Å²) in [5, 5.41) is 8.68. The zero-order valence-electron chi connectivity index (χ0n) is 6.87. The summed E-state index contributed by atoms with van der Waals surface area (Å²) in [5.41, 5.74) is 0.513. The van der Waals surface area contributed by atoms with Gasteiger partial charge < -0.3 is 4.74 Å². The molecule has 0 saturated heterocycles. The predicted octanol–water partition coefficient (Wildman–Crippen LogP) is 2.09. The molecule has 0 radical (unpaired) electrons. The second-order valence-electron chi connectivity index (χ2n) is 2.32. The molecule has 0 heterocycles. The lowest BCUT2D eigenvalue weighted by Crippen LogP contribution is -2.03. The van der Waals surface area contributed by atoms with Crippen LogP contribution in [-0.4, -0.2) is 5.97 Å². The zero-order chi connectivity index (χ0) is 9.84. The fraction of sp³-hybridized carbons (Fsp3) is 0.111. The van der Waals surface area contributed by atoms with Crippen LogP contribution >= 0.6 is 22.6 Å². The van der Waals surface area contributed by atoms with Gasteiger partial charge in [-0.3, -0.25) is 4.79 Å². The Morgan fingerprint density at radius 1 is 1.62 bits per heavy atom. The lowest BCUT2D eigenvalue weighted by molar-refractivity contribution is -0.131. The Bertz CT molecular complexity index is 382. The molecule has 0 unspecified atom stereocenters. The van der Waals surface area contributed by atoms with Crippen molar-refractivity contribution in [1.82, 2.24) is 0 Å². The maximum absolute atomic E-state index is 10.7. The summed E-state index contributed by atoms with van der Waals surface area (Å²) in [4.78, 5) is 10.7. The first-order valence-electron chi connectivity index (χ1n) is 3.52. The van der Waals surface area contributed by atoms with Gasteiger partial charge in [0.05, 0.1) is 9.13 Å². The number of rotatable bonds is 1. The smallest absolute Gasteiger partial charge is 0.308 e. The molecule has 1 aromatic rings. The van der Waals surface area contributed by atoms with Gasteiger partial charge in [-0.05, 0) is 34.7 Å². The Balaban J connectivity index is 3.10. The van der Waals surface area contributed by atoms with Crippen LogP contribution in [0.3, 0.4) is 0 Å². The molecule has 0 amide bonds. The molecule has 0 saturated carbocycles. The second kappa shape index (κ2) is 4.23. The average molecular weight is 287 g/mol. The number of nitrogens with zero attached hydrogens (tertiary/aromatic N) is 1. The Morgan fingerprint density at radius 2 is 2.31 bits per heavy atom. The van der Waals surface area contributed by atoms with Gasteiger partial charge in [-0.15, -0.1) is 0 Å². The highest BCUT2D eigenvalue weighted by Gasteiger charge is 2.07. The number of carbonyl (C=O) groups is 1. The quantitative estimate of drug-likeness (QED) is 0.451. The Hall–Kier alpha value is -1.09. The van der Waals surface area contributed by atoms with Crippen molar-refractivity contribution < 1.29 is 9.53 Å². The molecule has 1 aromatic carbocycles. The number of carbonyl (C=O) groups excluding carboxylic acids is 1. The highest BCUT2D eigenvalue weighted by Crippen LogP contribution is 2.23. The standard InChI is InChI=1S/C9H6INO2/c1-6(12)13-8-4-2-3-7(5-11)9(8)10/h2-4H,1H3. The summed E-state index contributed by atoms with van der Waals surface area (Å²) >= 11 is 1.97. The van der Waals surface area contributed by atoms with E-state index < -0.39 is 0 Å². The topological polar surface area (TPSA) is 50.1 Å². The van der Waals surface area contributed by atoms with Gasteiger partial charge in [0.25, 0.3) is 0 Å². The molecule has 3 nitrogen and oxygen atoms in total. The van der Waals surface area contributed by atoms with E-state index in [0.717, 1.165) is 0 Å². The maximum Gasteiger partial charge on any atom is 0.308 e. The molecule has 13 heavy (non-hydrogen) atoms. The van der Waals surface area contributed by atoms with Crippen molar-refractivity contribution in [2.75, 3.05) is 0 Å². The Kier molecular flexibility index (Phi) is 3.25. The van der Waals surface area contributed by atoms with Gasteiger partial charge in [0.2, 0.25) is 0 Å². The van der Waals surface area contributed by atoms with Gasteiger partial charge >= 0.3 is 5.97 Å². The van der Waals surface area contributed by atoms with Gasteiger partial charge in [0, 0.05) is 6.92 Å². The molecule has 66 valence electrons. The molecule has 0 N–H and O–H groups in total. The number of hydrogen-bond donors (Lipinski definition) is 0. The predicted molar refractivity (Wildman–Crippen MR) is 55.2 cm³/mol. The van der Waals surface area contributed by atoms with Crippen LogP contribution in [0.25, 0.3) is 0 Å². The summed E-state index contributed by atoms with van der Waals surface area (Å²) in [7, 11) is 0. The maximum atomic E-state index is 10.7. The third-order valence-electron chi connectivity index (χ3n) is 1.34. The minimum absolute atomic E-state index is 0.381. The van der Waals surface area contributed by atoms with Crippen molar-refractivity contribution in [1.29, 1.82) is 5.26 Å². The average Bonchev–Trinajstić information content (AvgIpc) is 2.08. The van der Waals surface area contributed by atoms with Crippen LogP contribution < -0.4 is 4.74 Å². The molecule has 0 aromatic heterocycles. The van der Waals surface area contributed by atoms with E-state index in [2.05, 4.69) is 0 Å². The van der Waals surface area contributed by atoms with Gasteiger partial charge in [-0.2, -0.15) is 5.26 Å². The molecular weight excluding hydrogens is 281 g/mol. The highest BCUT2D eigenvalue weighted by molar-refractivity contribution is 14.1. The number of hydrogen-bond acceptors (Lipinski definition) is 3. The molecule has 0 aliphatic rings. The number of ether oxygens (including phenoxy) is 1. The first kappa shape index (κ1) is 9.99. The van der Waals surface area contributed by atoms with Gasteiger partial charge in [-0.1, -0.05) is 6.07 Å². The zero-order valence-corrected chi connectivity index (χ0v) is 9.03. The normalized spacial score (nSPS) is 9.00. The molecule has 0 atom stereocenters. The van der Waals surface area contributed by atoms with E-state index in [1.807, 2.05) is 28.7 Å². The SMILES string of the molecule is CC(=O)Oc1cccc(C#N)c1I. The molecular formula is C9H6INO2. The van der Waals surface area contributed by atoms with Gasteiger partial charge in [0.15, 0.2) is 0 Å². The van der Waals surface area contributed by atoms with Crippen molar-refractivity contribution in [3.8, 4) is 11.8 Å². The first-order chi connectivity index (χ1) is 6.15. The summed E-state index contributed by atoms with van der Waals surface area (Å²) in [6.07, 6.45) is 0. The van der Waals surface area contributed by atoms with Crippen LogP contribution in [0.2, 0.25) is 0 Å². The molecule has 0 fully saturated rings. The fourth-order valence-corrected chi connectivity index (χ4v) is 1.42. The summed E-state index contributed by atoms with van der Waals surface area (Å²) in [6, 6.07) is 7.02. The third kappa shape index (κ3) is 2.42. The van der Waals surface area contributed by atoms with Gasteiger partial charge in [-0.25, -0.2) is 0 Å². The van der Waals surface area contributed by atoms with Crippen LogP contribution in [0.5, 0.6) is 5.75 Å². The second-order valence-corrected chi connectivity index (χ2v) is 3.40. The highest BCUT2D eigenvalue weighted by atomic mass is 127. The monoisotopic (exact) mass is 287 g/mol. The van der Waals surface area contributed by atoms with Crippen LogP contribution in [0, 0.1) is 14.9 Å². The van der Waals surface area contributed by atoms with E-state index in [9.17, 15) is 4.79 Å². The fourth-order valence-electron chi connectivity index (χ4n) is 0.831. The van der Waals surface area contributed by atoms with E-state index >= 15 is 0 Å². The molecule has 0 aliphatic heterocycles. The van der Waals surface area contributed by atoms with Crippen molar-refractivity contribution in [3.05, 3.63) is 27.3 Å². The molecule has 0 aliphatic carbocycles.